The van der Waals surface area contributed by atoms with Crippen LogP contribution in [0.3, 0.4) is 0 Å². The molecule has 0 aliphatic carbocycles. The van der Waals surface area contributed by atoms with Crippen LogP contribution in [-0.2, 0) is 19.1 Å². The molecular weight excluding hydrogens is 366 g/mol. The molecule has 0 heterocycles. The molecule has 28 heavy (non-hydrogen) atoms. The molecule has 0 spiro atoms. The van der Waals surface area contributed by atoms with Crippen LogP contribution in [0, 0.1) is 10.1 Å². The van der Waals surface area contributed by atoms with E-state index in [1.165, 1.54) is 12.1 Å². The van der Waals surface area contributed by atoms with Crippen molar-refractivity contribution >= 4 is 23.4 Å². The van der Waals surface area contributed by atoms with Crippen LogP contribution in [0.25, 0.3) is 0 Å². The van der Waals surface area contributed by atoms with Gasteiger partial charge in [0, 0.05) is 17.2 Å². The summed E-state index contributed by atoms with van der Waals surface area (Å²) in [5.41, 5.74) is -0.301. The molecule has 8 heteroatoms. The van der Waals surface area contributed by atoms with Gasteiger partial charge in [0.25, 0.3) is 5.69 Å². The fraction of sp³-hybridized carbons (Fsp3) is 0.250. The van der Waals surface area contributed by atoms with Crippen LogP contribution in [-0.4, -0.2) is 35.9 Å². The zero-order valence-electron chi connectivity index (χ0n) is 15.4. The van der Waals surface area contributed by atoms with Gasteiger partial charge in [0.05, 0.1) is 23.7 Å². The number of carbonyl (C=O) groups excluding carboxylic acids is 3. The minimum absolute atomic E-state index is 0.00683. The average Bonchev–Trinajstić information content (AvgIpc) is 2.69. The quantitative estimate of drug-likeness (QED) is 0.226. The van der Waals surface area contributed by atoms with Crippen molar-refractivity contribution in [3.05, 3.63) is 75.3 Å². The van der Waals surface area contributed by atoms with Crippen LogP contribution in [0.15, 0.2) is 48.5 Å². The number of esters is 2. The van der Waals surface area contributed by atoms with Gasteiger partial charge in [-0.3, -0.25) is 24.5 Å². The van der Waals surface area contributed by atoms with Crippen LogP contribution < -0.4 is 0 Å². The van der Waals surface area contributed by atoms with Crippen molar-refractivity contribution in [3.8, 4) is 0 Å². The van der Waals surface area contributed by atoms with E-state index >= 15 is 0 Å². The second-order valence-corrected chi connectivity index (χ2v) is 5.66. The van der Waals surface area contributed by atoms with Crippen LogP contribution in [0.5, 0.6) is 0 Å². The molecule has 2 aromatic rings. The van der Waals surface area contributed by atoms with Crippen molar-refractivity contribution in [1.29, 1.82) is 0 Å². The molecule has 2 rings (SSSR count). The molecule has 0 bridgehead atoms. The van der Waals surface area contributed by atoms with Crippen molar-refractivity contribution in [2.45, 2.75) is 19.8 Å². The first-order chi connectivity index (χ1) is 13.4. The molecule has 0 atom stereocenters. The van der Waals surface area contributed by atoms with Crippen LogP contribution in [0.1, 0.15) is 41.3 Å². The monoisotopic (exact) mass is 385 g/mol. The molecule has 8 nitrogen and oxygen atoms in total. The van der Waals surface area contributed by atoms with Gasteiger partial charge >= 0.3 is 11.9 Å². The highest BCUT2D eigenvalue weighted by Crippen LogP contribution is 2.30. The second kappa shape index (κ2) is 9.40. The molecule has 0 saturated carbocycles. The lowest BCUT2D eigenvalue weighted by Gasteiger charge is -2.15. The van der Waals surface area contributed by atoms with Crippen molar-refractivity contribution in [2.75, 3.05) is 13.2 Å². The summed E-state index contributed by atoms with van der Waals surface area (Å²) in [6.45, 7) is 3.09. The number of benzene rings is 2. The van der Waals surface area contributed by atoms with Gasteiger partial charge in [-0.15, -0.1) is 0 Å². The molecule has 0 N–H and O–H groups in total. The van der Waals surface area contributed by atoms with Gasteiger partial charge in [-0.25, -0.2) is 0 Å². The predicted molar refractivity (Wildman–Crippen MR) is 99.0 cm³/mol. The van der Waals surface area contributed by atoms with Gasteiger partial charge < -0.3 is 9.47 Å². The van der Waals surface area contributed by atoms with Crippen LogP contribution in [0.4, 0.5) is 5.69 Å². The van der Waals surface area contributed by atoms with E-state index in [1.807, 2.05) is 0 Å². The van der Waals surface area contributed by atoms with E-state index in [1.54, 1.807) is 44.2 Å². The molecule has 0 unspecified atom stereocenters. The molecule has 0 amide bonds. The molecule has 0 radical (unpaired) electrons. The van der Waals surface area contributed by atoms with Gasteiger partial charge in [0.2, 0.25) is 0 Å². The fourth-order valence-electron chi connectivity index (χ4n) is 2.64. The van der Waals surface area contributed by atoms with Gasteiger partial charge in [-0.1, -0.05) is 36.4 Å². The van der Waals surface area contributed by atoms with Gasteiger partial charge in [0.15, 0.2) is 11.7 Å². The number of carbonyl (C=O) groups is 3. The number of nitro groups is 1. The summed E-state index contributed by atoms with van der Waals surface area (Å²) in [5, 5.41) is 11.6. The maximum absolute atomic E-state index is 12.6. The highest BCUT2D eigenvalue weighted by atomic mass is 16.6. The van der Waals surface area contributed by atoms with Crippen LogP contribution in [0.2, 0.25) is 0 Å². The molecule has 0 aliphatic heterocycles. The predicted octanol–water partition coefficient (Wildman–Crippen LogP) is 3.04. The Labute approximate surface area is 161 Å². The van der Waals surface area contributed by atoms with Gasteiger partial charge in [-0.2, -0.15) is 0 Å². The highest BCUT2D eigenvalue weighted by Gasteiger charge is 2.37. The number of nitro benzene ring substituents is 1. The number of nitrogens with zero attached hydrogens (tertiary/aromatic N) is 1. The molecule has 146 valence electrons. The Bertz CT molecular complexity index is 875. The summed E-state index contributed by atoms with van der Waals surface area (Å²) in [5.74, 6) is -3.93. The van der Waals surface area contributed by atoms with E-state index in [-0.39, 0.29) is 24.3 Å². The Kier molecular flexibility index (Phi) is 6.97. The Morgan fingerprint density at radius 2 is 1.50 bits per heavy atom. The van der Waals surface area contributed by atoms with Crippen molar-refractivity contribution < 1.29 is 28.8 Å². The van der Waals surface area contributed by atoms with Crippen molar-refractivity contribution in [3.63, 3.8) is 0 Å². The maximum Gasteiger partial charge on any atom is 0.325 e. The normalized spacial score (nSPS) is 10.4. The van der Waals surface area contributed by atoms with E-state index < -0.39 is 34.3 Å². The minimum atomic E-state index is -1.61. The first-order valence-electron chi connectivity index (χ1n) is 8.62. The topological polar surface area (TPSA) is 113 Å². The smallest absolute Gasteiger partial charge is 0.325 e. The van der Waals surface area contributed by atoms with E-state index in [9.17, 15) is 24.5 Å². The highest BCUT2D eigenvalue weighted by molar-refractivity contribution is 6.09. The summed E-state index contributed by atoms with van der Waals surface area (Å²) in [6, 6.07) is 11.9. The fourth-order valence-corrected chi connectivity index (χ4v) is 2.64. The SMILES string of the molecule is CCOC(=O)C(C(=O)OCC)c1ccc(C(=O)c2ccccc2)cc1[N+](=O)[O-]. The van der Waals surface area contributed by atoms with Crippen molar-refractivity contribution in [2.24, 2.45) is 0 Å². The Morgan fingerprint density at radius 1 is 0.929 bits per heavy atom. The first kappa shape index (κ1) is 20.8. The summed E-state index contributed by atoms with van der Waals surface area (Å²) in [7, 11) is 0. The Balaban J connectivity index is 2.53. The lowest BCUT2D eigenvalue weighted by molar-refractivity contribution is -0.385. The molecule has 0 aromatic heterocycles. The summed E-state index contributed by atoms with van der Waals surface area (Å²) in [4.78, 5) is 47.9. The third kappa shape index (κ3) is 4.59. The number of rotatable bonds is 8. The number of ketones is 1. The van der Waals surface area contributed by atoms with Gasteiger partial charge in [0.1, 0.15) is 0 Å². The number of hydrogen-bond donors (Lipinski definition) is 0. The standard InChI is InChI=1S/C20H19NO7/c1-3-27-19(23)17(20(24)28-4-2)15-11-10-14(12-16(15)21(25)26)18(22)13-8-6-5-7-9-13/h5-12,17H,3-4H2,1-2H3. The van der Waals surface area contributed by atoms with E-state index in [0.717, 1.165) is 6.07 Å². The summed E-state index contributed by atoms with van der Waals surface area (Å²) in [6.07, 6.45) is 0. The third-order valence-electron chi connectivity index (χ3n) is 3.88. The van der Waals surface area contributed by atoms with E-state index in [2.05, 4.69) is 0 Å². The van der Waals surface area contributed by atoms with E-state index in [0.29, 0.717) is 5.56 Å². The Hall–Kier alpha value is -3.55. The molecule has 0 saturated heterocycles. The second-order valence-electron chi connectivity index (χ2n) is 5.66. The number of hydrogen-bond acceptors (Lipinski definition) is 7. The zero-order chi connectivity index (χ0) is 20.7. The molecule has 0 aliphatic rings. The van der Waals surface area contributed by atoms with E-state index in [4.69, 9.17) is 9.47 Å². The molecule has 0 fully saturated rings. The third-order valence-corrected chi connectivity index (χ3v) is 3.88. The zero-order valence-corrected chi connectivity index (χ0v) is 15.4. The largest absolute Gasteiger partial charge is 0.465 e. The lowest BCUT2D eigenvalue weighted by atomic mass is 9.94. The maximum atomic E-state index is 12.6. The first-order valence-corrected chi connectivity index (χ1v) is 8.62. The number of ether oxygens (including phenoxy) is 2. The minimum Gasteiger partial charge on any atom is -0.465 e. The molecule has 2 aromatic carbocycles. The Morgan fingerprint density at radius 3 is 2.00 bits per heavy atom. The van der Waals surface area contributed by atoms with Crippen LogP contribution >= 0.6 is 0 Å². The van der Waals surface area contributed by atoms with Gasteiger partial charge in [-0.05, 0) is 19.9 Å². The average molecular weight is 385 g/mol. The summed E-state index contributed by atoms with van der Waals surface area (Å²) < 4.78 is 9.76. The summed E-state index contributed by atoms with van der Waals surface area (Å²) >= 11 is 0. The van der Waals surface area contributed by atoms with Crippen molar-refractivity contribution in [1.82, 2.24) is 0 Å². The molecular formula is C20H19NO7. The lowest BCUT2D eigenvalue weighted by Crippen LogP contribution is -2.27.